The molecule has 0 spiro atoms. The normalized spacial score (nSPS) is 20.6. The smallest absolute Gasteiger partial charge is 0.305 e. The second-order valence-electron chi connectivity index (χ2n) is 12.8. The Balaban J connectivity index is 1.31. The highest BCUT2D eigenvalue weighted by Crippen LogP contribution is 2.35. The summed E-state index contributed by atoms with van der Waals surface area (Å²) in [6.45, 7) is 13.4. The standard InChI is InChI=1S/C38H50N4O4/c1-4-46-36(44)18-10-19-39-20-11-21-40(23-22-39)38(45)34-16-8-14-32(24-34)37(33-15-9-17-35(43)25-33)42-27-29(2)41(26-30(42)3)28-31-12-6-5-7-13-31/h5-9,12-17,24-25,29-30,37,43H,4,10-11,18-23,26-28H2,1-3H3/t29-,30+,37?/m1/s1. The van der Waals surface area contributed by atoms with E-state index in [9.17, 15) is 14.7 Å². The van der Waals surface area contributed by atoms with Crippen molar-refractivity contribution in [2.24, 2.45) is 0 Å². The van der Waals surface area contributed by atoms with Gasteiger partial charge in [-0.3, -0.25) is 19.4 Å². The van der Waals surface area contributed by atoms with Crippen molar-refractivity contribution in [1.29, 1.82) is 0 Å². The van der Waals surface area contributed by atoms with E-state index in [-0.39, 0.29) is 29.7 Å². The Labute approximate surface area is 274 Å². The molecule has 3 aromatic rings. The quantitative estimate of drug-likeness (QED) is 0.279. The Morgan fingerprint density at radius 2 is 1.63 bits per heavy atom. The molecule has 2 heterocycles. The van der Waals surface area contributed by atoms with Gasteiger partial charge in [-0.05, 0) is 87.7 Å². The Morgan fingerprint density at radius 1 is 0.870 bits per heavy atom. The Hall–Kier alpha value is -3.72. The summed E-state index contributed by atoms with van der Waals surface area (Å²) in [6.07, 6.45) is 2.10. The molecule has 3 aromatic carbocycles. The number of rotatable bonds is 11. The maximum Gasteiger partial charge on any atom is 0.305 e. The number of ether oxygens (including phenoxy) is 1. The molecule has 0 bridgehead atoms. The molecule has 246 valence electrons. The summed E-state index contributed by atoms with van der Waals surface area (Å²) in [4.78, 5) is 35.0. The van der Waals surface area contributed by atoms with E-state index in [1.54, 1.807) is 6.07 Å². The van der Waals surface area contributed by atoms with Crippen LogP contribution in [0.25, 0.3) is 0 Å². The molecule has 46 heavy (non-hydrogen) atoms. The second-order valence-corrected chi connectivity index (χ2v) is 12.8. The van der Waals surface area contributed by atoms with E-state index in [0.29, 0.717) is 37.7 Å². The second kappa shape index (κ2) is 16.2. The topological polar surface area (TPSA) is 76.6 Å². The van der Waals surface area contributed by atoms with Crippen molar-refractivity contribution in [2.75, 3.05) is 52.4 Å². The van der Waals surface area contributed by atoms with Crippen molar-refractivity contribution in [1.82, 2.24) is 19.6 Å². The first-order valence-corrected chi connectivity index (χ1v) is 16.9. The lowest BCUT2D eigenvalue weighted by molar-refractivity contribution is -0.143. The third kappa shape index (κ3) is 8.75. The van der Waals surface area contributed by atoms with Crippen LogP contribution in [0.1, 0.15) is 73.1 Å². The third-order valence-corrected chi connectivity index (χ3v) is 9.39. The number of piperazine rings is 1. The number of carbonyl (C=O) groups is 2. The summed E-state index contributed by atoms with van der Waals surface area (Å²) >= 11 is 0. The highest BCUT2D eigenvalue weighted by molar-refractivity contribution is 5.94. The highest BCUT2D eigenvalue weighted by atomic mass is 16.5. The number of phenolic OH excluding ortho intramolecular Hbond substituents is 1. The molecule has 0 saturated carbocycles. The zero-order valence-corrected chi connectivity index (χ0v) is 27.7. The summed E-state index contributed by atoms with van der Waals surface area (Å²) in [5, 5.41) is 10.5. The zero-order chi connectivity index (χ0) is 32.5. The third-order valence-electron chi connectivity index (χ3n) is 9.39. The molecule has 2 aliphatic heterocycles. The maximum atomic E-state index is 13.9. The predicted octanol–water partition coefficient (Wildman–Crippen LogP) is 5.57. The average Bonchev–Trinajstić information content (AvgIpc) is 3.30. The number of phenols is 1. The first-order valence-electron chi connectivity index (χ1n) is 16.9. The van der Waals surface area contributed by atoms with Crippen LogP contribution in [0, 0.1) is 0 Å². The number of carbonyl (C=O) groups excluding carboxylic acids is 2. The summed E-state index contributed by atoms with van der Waals surface area (Å²) in [5.41, 5.74) is 4.09. The lowest BCUT2D eigenvalue weighted by atomic mass is 9.92. The first-order chi connectivity index (χ1) is 22.3. The SMILES string of the molecule is CCOC(=O)CCCN1CCCN(C(=O)c2cccc(C(c3cccc(O)c3)N3C[C@@H](C)N(Cc4ccccc4)C[C@@H]3C)c2)CC1. The molecule has 3 atom stereocenters. The fourth-order valence-electron chi connectivity index (χ4n) is 7.00. The minimum absolute atomic E-state index is 0.0546. The molecule has 5 rings (SSSR count). The summed E-state index contributed by atoms with van der Waals surface area (Å²) in [6, 6.07) is 26.8. The van der Waals surface area contributed by atoms with E-state index in [0.717, 1.165) is 63.2 Å². The molecular weight excluding hydrogens is 576 g/mol. The van der Waals surface area contributed by atoms with Crippen LogP contribution in [-0.2, 0) is 16.1 Å². The molecule has 1 N–H and O–H groups in total. The fraction of sp³-hybridized carbons (Fsp3) is 0.474. The minimum atomic E-state index is -0.143. The van der Waals surface area contributed by atoms with E-state index in [1.807, 2.05) is 36.1 Å². The van der Waals surface area contributed by atoms with Crippen LogP contribution in [0.15, 0.2) is 78.9 Å². The van der Waals surface area contributed by atoms with Crippen molar-refractivity contribution < 1.29 is 19.4 Å². The van der Waals surface area contributed by atoms with Gasteiger partial charge in [0.15, 0.2) is 0 Å². The molecule has 0 aliphatic carbocycles. The number of esters is 1. The molecule has 0 aromatic heterocycles. The number of hydrogen-bond donors (Lipinski definition) is 1. The number of hydrogen-bond acceptors (Lipinski definition) is 7. The van der Waals surface area contributed by atoms with Gasteiger partial charge in [0.25, 0.3) is 5.91 Å². The van der Waals surface area contributed by atoms with Crippen molar-refractivity contribution in [3.63, 3.8) is 0 Å². The monoisotopic (exact) mass is 626 g/mol. The lowest BCUT2D eigenvalue weighted by Gasteiger charge is -2.47. The van der Waals surface area contributed by atoms with E-state index in [1.165, 1.54) is 5.56 Å². The van der Waals surface area contributed by atoms with Crippen molar-refractivity contribution >= 4 is 11.9 Å². The van der Waals surface area contributed by atoms with Gasteiger partial charge in [0.2, 0.25) is 0 Å². The van der Waals surface area contributed by atoms with Crippen LogP contribution in [-0.4, -0.2) is 101 Å². The predicted molar refractivity (Wildman–Crippen MR) is 182 cm³/mol. The van der Waals surface area contributed by atoms with Crippen LogP contribution in [0.3, 0.4) is 0 Å². The Morgan fingerprint density at radius 3 is 2.39 bits per heavy atom. The van der Waals surface area contributed by atoms with Crippen molar-refractivity contribution in [3.05, 3.63) is 101 Å². The van der Waals surface area contributed by atoms with Crippen LogP contribution in [0.2, 0.25) is 0 Å². The molecule has 0 radical (unpaired) electrons. The van der Waals surface area contributed by atoms with E-state index < -0.39 is 0 Å². The zero-order valence-electron chi connectivity index (χ0n) is 27.7. The number of nitrogens with zero attached hydrogens (tertiary/aromatic N) is 4. The maximum absolute atomic E-state index is 13.9. The van der Waals surface area contributed by atoms with Crippen LogP contribution < -0.4 is 0 Å². The molecule has 2 aliphatic rings. The fourth-order valence-corrected chi connectivity index (χ4v) is 7.00. The van der Waals surface area contributed by atoms with Gasteiger partial charge in [0.1, 0.15) is 5.75 Å². The molecule has 2 fully saturated rings. The largest absolute Gasteiger partial charge is 0.508 e. The molecule has 1 unspecified atom stereocenters. The summed E-state index contributed by atoms with van der Waals surface area (Å²) in [5.74, 6) is 0.157. The number of amides is 1. The van der Waals surface area contributed by atoms with Gasteiger partial charge in [-0.15, -0.1) is 0 Å². The van der Waals surface area contributed by atoms with Crippen LogP contribution >= 0.6 is 0 Å². The van der Waals surface area contributed by atoms with Gasteiger partial charge in [0.05, 0.1) is 12.6 Å². The molecular formula is C38H50N4O4. The van der Waals surface area contributed by atoms with Gasteiger partial charge < -0.3 is 19.6 Å². The molecule has 2 saturated heterocycles. The van der Waals surface area contributed by atoms with Gasteiger partial charge in [-0.25, -0.2) is 0 Å². The van der Waals surface area contributed by atoms with Gasteiger partial charge in [-0.2, -0.15) is 0 Å². The first kappa shape index (κ1) is 33.6. The van der Waals surface area contributed by atoms with E-state index in [4.69, 9.17) is 4.74 Å². The molecule has 8 nitrogen and oxygen atoms in total. The lowest BCUT2D eigenvalue weighted by Crippen LogP contribution is -2.56. The minimum Gasteiger partial charge on any atom is -0.508 e. The number of aromatic hydroxyl groups is 1. The molecule has 1 amide bonds. The van der Waals surface area contributed by atoms with Crippen molar-refractivity contribution in [3.8, 4) is 5.75 Å². The summed E-state index contributed by atoms with van der Waals surface area (Å²) in [7, 11) is 0. The van der Waals surface area contributed by atoms with E-state index in [2.05, 4.69) is 77.1 Å². The Bertz CT molecular complexity index is 1430. The van der Waals surface area contributed by atoms with Gasteiger partial charge in [-0.1, -0.05) is 54.6 Å². The van der Waals surface area contributed by atoms with Crippen LogP contribution in [0.4, 0.5) is 0 Å². The van der Waals surface area contributed by atoms with Crippen LogP contribution in [0.5, 0.6) is 5.75 Å². The van der Waals surface area contributed by atoms with Gasteiger partial charge in [0, 0.05) is 63.3 Å². The summed E-state index contributed by atoms with van der Waals surface area (Å²) < 4.78 is 5.06. The van der Waals surface area contributed by atoms with Crippen molar-refractivity contribution in [2.45, 2.75) is 64.7 Å². The highest BCUT2D eigenvalue weighted by Gasteiger charge is 2.35. The average molecular weight is 627 g/mol. The Kier molecular flexibility index (Phi) is 11.9. The number of benzene rings is 3. The molecule has 8 heteroatoms. The van der Waals surface area contributed by atoms with E-state index >= 15 is 0 Å². The van der Waals surface area contributed by atoms with Gasteiger partial charge >= 0.3 is 5.97 Å².